The van der Waals surface area contributed by atoms with E-state index in [9.17, 15) is 19.1 Å². The van der Waals surface area contributed by atoms with E-state index in [0.717, 1.165) is 58.2 Å². The Balaban J connectivity index is 0.951. The van der Waals surface area contributed by atoms with E-state index < -0.39 is 11.6 Å². The first kappa shape index (κ1) is 31.4. The number of carbonyl (C=O) groups is 2. The molecule has 47 heavy (non-hydrogen) atoms. The minimum Gasteiger partial charge on any atom is -0.505 e. The minimum atomic E-state index is -0.800. The van der Waals surface area contributed by atoms with E-state index in [1.54, 1.807) is 12.1 Å². The molecule has 238 valence electrons. The van der Waals surface area contributed by atoms with Gasteiger partial charge in [-0.25, -0.2) is 4.39 Å². The molecule has 8 heteroatoms. The summed E-state index contributed by atoms with van der Waals surface area (Å²) in [6.45, 7) is 3.78. The van der Waals surface area contributed by atoms with E-state index in [0.29, 0.717) is 25.3 Å². The maximum Gasteiger partial charge on any atom is 0.255 e. The van der Waals surface area contributed by atoms with Crippen LogP contribution in [0.2, 0.25) is 0 Å². The number of halogens is 1. The first-order chi connectivity index (χ1) is 22.8. The maximum atomic E-state index is 13.6. The molecule has 5 aromatic carbocycles. The van der Waals surface area contributed by atoms with Gasteiger partial charge in [0.1, 0.15) is 24.2 Å². The van der Waals surface area contributed by atoms with Gasteiger partial charge < -0.3 is 24.8 Å². The number of likely N-dealkylation sites (tertiary alicyclic amines) is 1. The van der Waals surface area contributed by atoms with E-state index in [4.69, 9.17) is 9.47 Å². The molecular weight excluding hydrogens is 595 g/mol. The Morgan fingerprint density at radius 1 is 0.787 bits per heavy atom. The second-order valence-corrected chi connectivity index (χ2v) is 11.6. The fourth-order valence-corrected chi connectivity index (χ4v) is 5.42. The molecule has 1 aliphatic heterocycles. The van der Waals surface area contributed by atoms with Crippen LogP contribution in [0.4, 0.5) is 10.1 Å². The number of phenolic OH excluding ortho intramolecular Hbond substituents is 1. The molecule has 0 atom stereocenters. The second-order valence-electron chi connectivity index (χ2n) is 11.6. The third-order valence-electron chi connectivity index (χ3n) is 8.20. The van der Waals surface area contributed by atoms with E-state index in [1.165, 1.54) is 12.1 Å². The van der Waals surface area contributed by atoms with Crippen LogP contribution < -0.4 is 14.8 Å². The van der Waals surface area contributed by atoms with Gasteiger partial charge >= 0.3 is 0 Å². The average molecular weight is 631 g/mol. The number of piperidine rings is 1. The Hall–Kier alpha value is -5.63. The highest BCUT2D eigenvalue weighted by Crippen LogP contribution is 2.26. The first-order valence-corrected chi connectivity index (χ1v) is 15.6. The van der Waals surface area contributed by atoms with Crippen LogP contribution in [0, 0.1) is 12.7 Å². The number of phenols is 1. The second kappa shape index (κ2) is 14.2. The fraction of sp³-hybridized carbons (Fsp3) is 0.179. The van der Waals surface area contributed by atoms with Crippen molar-refractivity contribution in [3.8, 4) is 28.4 Å². The molecule has 0 aliphatic carbocycles. The normalized spacial score (nSPS) is 13.2. The molecule has 1 aliphatic rings. The Morgan fingerprint density at radius 3 is 2.02 bits per heavy atom. The molecule has 0 spiro atoms. The number of nitrogens with one attached hydrogen (secondary N) is 1. The molecule has 5 aromatic rings. The van der Waals surface area contributed by atoms with Gasteiger partial charge in [0.05, 0.1) is 0 Å². The van der Waals surface area contributed by atoms with Gasteiger partial charge in [0.15, 0.2) is 11.6 Å². The zero-order valence-electron chi connectivity index (χ0n) is 26.0. The van der Waals surface area contributed by atoms with Crippen LogP contribution in [-0.4, -0.2) is 41.0 Å². The number of benzene rings is 5. The molecular formula is C39H35FN2O5. The number of amides is 2. The number of aryl methyl sites for hydroxylation is 1. The monoisotopic (exact) mass is 630 g/mol. The minimum absolute atomic E-state index is 0.0717. The number of aromatic hydroxyl groups is 1. The predicted octanol–water partition coefficient (Wildman–Crippen LogP) is 8.02. The summed E-state index contributed by atoms with van der Waals surface area (Å²) in [6.07, 6.45) is 1.66. The van der Waals surface area contributed by atoms with E-state index in [1.807, 2.05) is 96.8 Å². The summed E-state index contributed by atoms with van der Waals surface area (Å²) in [5, 5.41) is 12.0. The van der Waals surface area contributed by atoms with Crippen molar-refractivity contribution >= 4 is 17.5 Å². The molecule has 1 fully saturated rings. The van der Waals surface area contributed by atoms with Gasteiger partial charge in [0.25, 0.3) is 11.8 Å². The highest BCUT2D eigenvalue weighted by molar-refractivity contribution is 6.04. The highest BCUT2D eigenvalue weighted by Gasteiger charge is 2.24. The largest absolute Gasteiger partial charge is 0.505 e. The van der Waals surface area contributed by atoms with E-state index in [-0.39, 0.29) is 23.6 Å². The quantitative estimate of drug-likeness (QED) is 0.161. The zero-order valence-corrected chi connectivity index (χ0v) is 26.0. The van der Waals surface area contributed by atoms with Crippen LogP contribution in [0.3, 0.4) is 0 Å². The maximum absolute atomic E-state index is 13.6. The average Bonchev–Trinajstić information content (AvgIpc) is 3.10. The number of hydrogen-bond donors (Lipinski definition) is 2. The standard InChI is InChI=1S/C39H35FN2O5/c1-26-2-6-31(7-3-26)39(45)42-22-20-35(21-23-42)47-34-15-4-27(5-16-34)25-46-33-17-12-29(13-18-33)28-8-10-30(11-9-28)38(44)41-32-14-19-37(43)36(40)24-32/h2-19,24,35,43H,20-23,25H2,1H3,(H,41,44). The van der Waals surface area contributed by atoms with Crippen LogP contribution in [-0.2, 0) is 6.61 Å². The topological polar surface area (TPSA) is 88.1 Å². The van der Waals surface area contributed by atoms with E-state index >= 15 is 0 Å². The van der Waals surface area contributed by atoms with Crippen molar-refractivity contribution in [2.24, 2.45) is 0 Å². The van der Waals surface area contributed by atoms with Crippen LogP contribution in [0.25, 0.3) is 11.1 Å². The number of rotatable bonds is 9. The Labute approximate surface area is 273 Å². The molecule has 1 saturated heterocycles. The predicted molar refractivity (Wildman–Crippen MR) is 179 cm³/mol. The third-order valence-corrected chi connectivity index (χ3v) is 8.20. The lowest BCUT2D eigenvalue weighted by Gasteiger charge is -2.32. The number of nitrogens with zero attached hydrogens (tertiary/aromatic N) is 1. The summed E-state index contributed by atoms with van der Waals surface area (Å²) in [5.41, 5.74) is 5.47. The number of hydrogen-bond acceptors (Lipinski definition) is 5. The zero-order chi connectivity index (χ0) is 32.8. The summed E-state index contributed by atoms with van der Waals surface area (Å²) < 4.78 is 25.8. The first-order valence-electron chi connectivity index (χ1n) is 15.6. The van der Waals surface area contributed by atoms with Gasteiger partial charge in [-0.05, 0) is 84.3 Å². The van der Waals surface area contributed by atoms with Crippen LogP contribution >= 0.6 is 0 Å². The molecule has 6 rings (SSSR count). The SMILES string of the molecule is Cc1ccc(C(=O)N2CCC(Oc3ccc(COc4ccc(-c5ccc(C(=O)Nc6ccc(O)c(F)c6)cc5)cc4)cc3)CC2)cc1. The molecule has 0 radical (unpaired) electrons. The lowest BCUT2D eigenvalue weighted by molar-refractivity contribution is 0.0595. The summed E-state index contributed by atoms with van der Waals surface area (Å²) in [7, 11) is 0. The van der Waals surface area contributed by atoms with Crippen molar-refractivity contribution in [2.45, 2.75) is 32.5 Å². The molecule has 0 unspecified atom stereocenters. The lowest BCUT2D eigenvalue weighted by atomic mass is 10.0. The van der Waals surface area contributed by atoms with Gasteiger partial charge in [-0.15, -0.1) is 0 Å². The molecule has 2 amide bonds. The smallest absolute Gasteiger partial charge is 0.255 e. The molecule has 0 aromatic heterocycles. The van der Waals surface area contributed by atoms with Gasteiger partial charge in [0.2, 0.25) is 0 Å². The van der Waals surface area contributed by atoms with Gasteiger partial charge in [-0.3, -0.25) is 9.59 Å². The summed E-state index contributed by atoms with van der Waals surface area (Å²) in [5.74, 6) is -0.0333. The Kier molecular flexibility index (Phi) is 9.48. The molecule has 0 bridgehead atoms. The van der Waals surface area contributed by atoms with Crippen LogP contribution in [0.15, 0.2) is 115 Å². The Morgan fingerprint density at radius 2 is 1.38 bits per heavy atom. The van der Waals surface area contributed by atoms with Crippen molar-refractivity contribution in [1.29, 1.82) is 0 Å². The van der Waals surface area contributed by atoms with Gasteiger partial charge in [-0.2, -0.15) is 0 Å². The summed E-state index contributed by atoms with van der Waals surface area (Å²) in [4.78, 5) is 27.3. The highest BCUT2D eigenvalue weighted by atomic mass is 19.1. The van der Waals surface area contributed by atoms with E-state index in [2.05, 4.69) is 5.32 Å². The van der Waals surface area contributed by atoms with Crippen molar-refractivity contribution in [2.75, 3.05) is 18.4 Å². The van der Waals surface area contributed by atoms with Crippen molar-refractivity contribution in [3.05, 3.63) is 143 Å². The van der Waals surface area contributed by atoms with Gasteiger partial charge in [0, 0.05) is 48.8 Å². The lowest BCUT2D eigenvalue weighted by Crippen LogP contribution is -2.41. The van der Waals surface area contributed by atoms with Crippen molar-refractivity contribution in [3.63, 3.8) is 0 Å². The Bertz CT molecular complexity index is 1830. The van der Waals surface area contributed by atoms with Crippen LogP contribution in [0.5, 0.6) is 17.2 Å². The molecule has 1 heterocycles. The number of ether oxygens (including phenoxy) is 2. The fourth-order valence-electron chi connectivity index (χ4n) is 5.42. The molecule has 2 N–H and O–H groups in total. The number of anilines is 1. The van der Waals surface area contributed by atoms with Crippen molar-refractivity contribution < 1.29 is 28.6 Å². The van der Waals surface area contributed by atoms with Gasteiger partial charge in [-0.1, -0.05) is 54.1 Å². The molecule has 7 nitrogen and oxygen atoms in total. The van der Waals surface area contributed by atoms with Crippen molar-refractivity contribution in [1.82, 2.24) is 4.90 Å². The molecule has 0 saturated carbocycles. The van der Waals surface area contributed by atoms with Crippen LogP contribution in [0.1, 0.15) is 44.7 Å². The number of carbonyl (C=O) groups excluding carboxylic acids is 2. The third kappa shape index (κ3) is 7.97. The summed E-state index contributed by atoms with van der Waals surface area (Å²) >= 11 is 0. The summed E-state index contributed by atoms with van der Waals surface area (Å²) in [6, 6.07) is 34.1.